The van der Waals surface area contributed by atoms with Crippen molar-refractivity contribution in [3.63, 3.8) is 0 Å². The lowest BCUT2D eigenvalue weighted by Crippen LogP contribution is -2.29. The number of aromatic amines is 1. The van der Waals surface area contributed by atoms with Crippen molar-refractivity contribution in [3.8, 4) is 0 Å². The lowest BCUT2D eigenvalue weighted by Gasteiger charge is -2.14. The molecule has 0 saturated carbocycles. The van der Waals surface area contributed by atoms with Crippen molar-refractivity contribution in [2.24, 2.45) is 0 Å². The molecule has 8 nitrogen and oxygen atoms in total. The summed E-state index contributed by atoms with van der Waals surface area (Å²) in [7, 11) is 0. The standard InChI is InChI=1S/C18H22N6O2/c1-3-10-24-17(19-11-20-24)12(2)21-16(25)9-8-15-18(26)23-14-7-5-4-6-13(14)22-15/h4-7,11-12H,3,8-10H2,1-2H3,(H,21,25)(H,23,26)/t12-/m1/s1. The van der Waals surface area contributed by atoms with Crippen molar-refractivity contribution in [2.75, 3.05) is 0 Å². The van der Waals surface area contributed by atoms with Gasteiger partial charge >= 0.3 is 0 Å². The molecule has 0 aliphatic carbocycles. The first-order valence-electron chi connectivity index (χ1n) is 8.73. The third kappa shape index (κ3) is 3.96. The highest BCUT2D eigenvalue weighted by Crippen LogP contribution is 2.10. The summed E-state index contributed by atoms with van der Waals surface area (Å²) in [5.41, 5.74) is 1.51. The van der Waals surface area contributed by atoms with Gasteiger partial charge < -0.3 is 10.3 Å². The van der Waals surface area contributed by atoms with Crippen molar-refractivity contribution < 1.29 is 4.79 Å². The lowest BCUT2D eigenvalue weighted by molar-refractivity contribution is -0.121. The second-order valence-corrected chi connectivity index (χ2v) is 6.16. The molecular formula is C18H22N6O2. The number of nitrogens with zero attached hydrogens (tertiary/aromatic N) is 4. The molecule has 0 fully saturated rings. The fourth-order valence-corrected chi connectivity index (χ4v) is 2.84. The van der Waals surface area contributed by atoms with E-state index >= 15 is 0 Å². The van der Waals surface area contributed by atoms with Gasteiger partial charge in [-0.15, -0.1) is 0 Å². The number of hydrogen-bond donors (Lipinski definition) is 2. The third-order valence-corrected chi connectivity index (χ3v) is 4.10. The Bertz CT molecular complexity index is 961. The summed E-state index contributed by atoms with van der Waals surface area (Å²) < 4.78 is 1.79. The predicted molar refractivity (Wildman–Crippen MR) is 97.6 cm³/mol. The van der Waals surface area contributed by atoms with Gasteiger partial charge in [0.15, 0.2) is 0 Å². The van der Waals surface area contributed by atoms with E-state index in [0.29, 0.717) is 16.7 Å². The molecule has 0 aliphatic rings. The zero-order chi connectivity index (χ0) is 18.5. The first-order chi connectivity index (χ1) is 12.6. The van der Waals surface area contributed by atoms with E-state index in [1.807, 2.05) is 25.1 Å². The third-order valence-electron chi connectivity index (χ3n) is 4.10. The number of rotatable bonds is 7. The van der Waals surface area contributed by atoms with E-state index in [0.717, 1.165) is 18.8 Å². The number of carbonyl (C=O) groups excluding carboxylic acids is 1. The molecule has 3 rings (SSSR count). The van der Waals surface area contributed by atoms with Gasteiger partial charge in [-0.1, -0.05) is 19.1 Å². The SMILES string of the molecule is CCCn1ncnc1[C@@H](C)NC(=O)CCc1nc2ccccc2[nH]c1=O. The summed E-state index contributed by atoms with van der Waals surface area (Å²) in [6, 6.07) is 7.08. The Balaban J connectivity index is 1.63. The molecule has 0 bridgehead atoms. The molecule has 1 aromatic carbocycles. The topological polar surface area (TPSA) is 106 Å². The fraction of sp³-hybridized carbons (Fsp3) is 0.389. The molecule has 0 saturated heterocycles. The van der Waals surface area contributed by atoms with Gasteiger partial charge in [0.05, 0.1) is 17.1 Å². The second-order valence-electron chi connectivity index (χ2n) is 6.16. The minimum Gasteiger partial charge on any atom is -0.346 e. The van der Waals surface area contributed by atoms with Gasteiger partial charge in [0.2, 0.25) is 5.91 Å². The van der Waals surface area contributed by atoms with Crippen LogP contribution in [0.2, 0.25) is 0 Å². The molecule has 0 radical (unpaired) electrons. The van der Waals surface area contributed by atoms with Gasteiger partial charge in [0.1, 0.15) is 17.8 Å². The average molecular weight is 354 g/mol. The molecule has 3 aromatic rings. The fourth-order valence-electron chi connectivity index (χ4n) is 2.84. The quantitative estimate of drug-likeness (QED) is 0.672. The van der Waals surface area contributed by atoms with E-state index in [9.17, 15) is 9.59 Å². The summed E-state index contributed by atoms with van der Waals surface area (Å²) in [4.78, 5) is 35.7. The molecular weight excluding hydrogens is 332 g/mol. The second kappa shape index (κ2) is 7.90. The van der Waals surface area contributed by atoms with Crippen molar-refractivity contribution in [2.45, 2.75) is 45.7 Å². The van der Waals surface area contributed by atoms with Gasteiger partial charge in [0, 0.05) is 19.4 Å². The van der Waals surface area contributed by atoms with Crippen LogP contribution in [0.5, 0.6) is 0 Å². The monoisotopic (exact) mass is 354 g/mol. The molecule has 1 atom stereocenters. The molecule has 26 heavy (non-hydrogen) atoms. The van der Waals surface area contributed by atoms with Gasteiger partial charge in [0.25, 0.3) is 5.56 Å². The number of nitrogens with one attached hydrogen (secondary N) is 2. The van der Waals surface area contributed by atoms with Crippen LogP contribution in [0.3, 0.4) is 0 Å². The minimum atomic E-state index is -0.257. The van der Waals surface area contributed by atoms with Crippen molar-refractivity contribution in [3.05, 3.63) is 52.5 Å². The summed E-state index contributed by atoms with van der Waals surface area (Å²) in [5, 5.41) is 7.07. The minimum absolute atomic E-state index is 0.155. The zero-order valence-corrected chi connectivity index (χ0v) is 14.9. The number of H-pyrrole nitrogens is 1. The Morgan fingerprint density at radius 3 is 2.96 bits per heavy atom. The van der Waals surface area contributed by atoms with Gasteiger partial charge in [-0.2, -0.15) is 5.10 Å². The van der Waals surface area contributed by atoms with E-state index in [1.54, 1.807) is 10.7 Å². The number of para-hydroxylation sites is 2. The van der Waals surface area contributed by atoms with Gasteiger partial charge in [-0.3, -0.25) is 9.59 Å². The molecule has 8 heteroatoms. The van der Waals surface area contributed by atoms with Crippen LogP contribution < -0.4 is 10.9 Å². The van der Waals surface area contributed by atoms with E-state index in [2.05, 4.69) is 32.3 Å². The number of fused-ring (bicyclic) bond motifs is 1. The van der Waals surface area contributed by atoms with Crippen LogP contribution in [0.1, 0.15) is 44.2 Å². The molecule has 1 amide bonds. The number of aryl methyl sites for hydroxylation is 2. The number of hydrogen-bond acceptors (Lipinski definition) is 5. The van der Waals surface area contributed by atoms with Gasteiger partial charge in [-0.25, -0.2) is 14.6 Å². The van der Waals surface area contributed by atoms with Crippen molar-refractivity contribution in [1.29, 1.82) is 0 Å². The Morgan fingerprint density at radius 1 is 1.35 bits per heavy atom. The predicted octanol–water partition coefficient (Wildman–Crippen LogP) is 1.73. The van der Waals surface area contributed by atoms with Crippen molar-refractivity contribution in [1.82, 2.24) is 30.0 Å². The number of benzene rings is 1. The molecule has 2 aromatic heterocycles. The molecule has 136 valence electrons. The van der Waals surface area contributed by atoms with Crippen LogP contribution in [0.4, 0.5) is 0 Å². The van der Waals surface area contributed by atoms with Gasteiger partial charge in [-0.05, 0) is 25.5 Å². The summed E-state index contributed by atoms with van der Waals surface area (Å²) >= 11 is 0. The first kappa shape index (κ1) is 17.8. The van der Waals surface area contributed by atoms with E-state index in [4.69, 9.17) is 0 Å². The molecule has 2 N–H and O–H groups in total. The summed E-state index contributed by atoms with van der Waals surface area (Å²) in [5.74, 6) is 0.569. The van der Waals surface area contributed by atoms with Crippen LogP contribution in [-0.4, -0.2) is 30.6 Å². The average Bonchev–Trinajstić information content (AvgIpc) is 3.08. The molecule has 0 spiro atoms. The largest absolute Gasteiger partial charge is 0.346 e. The van der Waals surface area contributed by atoms with E-state index in [1.165, 1.54) is 6.33 Å². The number of aromatic nitrogens is 5. The summed E-state index contributed by atoms with van der Waals surface area (Å²) in [6.45, 7) is 4.68. The Labute approximate surface area is 150 Å². The molecule has 0 aliphatic heterocycles. The number of amides is 1. The Hall–Kier alpha value is -3.03. The highest BCUT2D eigenvalue weighted by atomic mass is 16.1. The summed E-state index contributed by atoms with van der Waals surface area (Å²) in [6.07, 6.45) is 2.89. The highest BCUT2D eigenvalue weighted by Gasteiger charge is 2.16. The first-order valence-corrected chi connectivity index (χ1v) is 8.73. The Morgan fingerprint density at radius 2 is 2.15 bits per heavy atom. The van der Waals surface area contributed by atoms with Crippen LogP contribution in [0, 0.1) is 0 Å². The maximum absolute atomic E-state index is 12.3. The normalized spacial score (nSPS) is 12.2. The van der Waals surface area contributed by atoms with Crippen LogP contribution in [-0.2, 0) is 17.8 Å². The maximum atomic E-state index is 12.3. The molecule has 0 unspecified atom stereocenters. The zero-order valence-electron chi connectivity index (χ0n) is 14.9. The van der Waals surface area contributed by atoms with Crippen LogP contribution in [0.15, 0.2) is 35.4 Å². The molecule has 2 heterocycles. The Kier molecular flexibility index (Phi) is 5.40. The van der Waals surface area contributed by atoms with E-state index in [-0.39, 0.29) is 30.3 Å². The van der Waals surface area contributed by atoms with Crippen LogP contribution in [0.25, 0.3) is 11.0 Å². The van der Waals surface area contributed by atoms with Crippen molar-refractivity contribution >= 4 is 16.9 Å². The smallest absolute Gasteiger partial charge is 0.270 e. The lowest BCUT2D eigenvalue weighted by atomic mass is 10.2. The van der Waals surface area contributed by atoms with Crippen LogP contribution >= 0.6 is 0 Å². The highest BCUT2D eigenvalue weighted by molar-refractivity contribution is 5.77. The maximum Gasteiger partial charge on any atom is 0.270 e. The van der Waals surface area contributed by atoms with E-state index < -0.39 is 0 Å². The number of carbonyl (C=O) groups is 1.